The Hall–Kier alpha value is -1.36. The summed E-state index contributed by atoms with van der Waals surface area (Å²) in [5.41, 5.74) is 2.70. The Bertz CT molecular complexity index is 478. The van der Waals surface area contributed by atoms with Crippen LogP contribution < -0.4 is 15.1 Å². The molecule has 1 aromatic heterocycles. The third-order valence-electron chi connectivity index (χ3n) is 4.61. The van der Waals surface area contributed by atoms with Gasteiger partial charge in [0.05, 0.1) is 5.69 Å². The second-order valence-electron chi connectivity index (χ2n) is 5.89. The highest BCUT2D eigenvalue weighted by Gasteiger charge is 2.23. The molecule has 0 spiro atoms. The van der Waals surface area contributed by atoms with Crippen molar-refractivity contribution < 1.29 is 0 Å². The van der Waals surface area contributed by atoms with Crippen LogP contribution in [0.15, 0.2) is 0 Å². The molecule has 0 aromatic carbocycles. The summed E-state index contributed by atoms with van der Waals surface area (Å²) in [5.74, 6) is 2.14. The molecule has 2 heterocycles. The van der Waals surface area contributed by atoms with Gasteiger partial charge in [-0.3, -0.25) is 0 Å². The summed E-state index contributed by atoms with van der Waals surface area (Å²) < 4.78 is 0. The zero-order valence-corrected chi connectivity index (χ0v) is 13.4. The highest BCUT2D eigenvalue weighted by molar-refractivity contribution is 5.54. The maximum absolute atomic E-state index is 4.96. The molecule has 0 unspecified atom stereocenters. The smallest absolute Gasteiger partial charge is 0.227 e. The fraction of sp³-hybridized carbons (Fsp3) is 0.750. The van der Waals surface area contributed by atoms with Gasteiger partial charge < -0.3 is 15.1 Å². The van der Waals surface area contributed by atoms with E-state index in [9.17, 15) is 0 Å². The Morgan fingerprint density at radius 1 is 1.05 bits per heavy atom. The molecular formula is C16H27N5. The number of anilines is 2. The van der Waals surface area contributed by atoms with Crippen LogP contribution in [0.1, 0.15) is 37.9 Å². The van der Waals surface area contributed by atoms with Crippen molar-refractivity contribution in [3.63, 3.8) is 0 Å². The lowest BCUT2D eigenvalue weighted by atomic mass is 9.96. The second kappa shape index (κ2) is 6.60. The van der Waals surface area contributed by atoms with Crippen LogP contribution in [-0.4, -0.2) is 49.2 Å². The van der Waals surface area contributed by atoms with Gasteiger partial charge in [-0.15, -0.1) is 0 Å². The molecule has 0 amide bonds. The number of fused-ring (bicyclic) bond motifs is 1. The van der Waals surface area contributed by atoms with Gasteiger partial charge in [0.1, 0.15) is 5.82 Å². The number of hydrogen-bond acceptors (Lipinski definition) is 5. The van der Waals surface area contributed by atoms with Crippen molar-refractivity contribution in [1.82, 2.24) is 15.3 Å². The standard InChI is InChI=1S/C16H27N5/c1-3-20(4-2)15-13-7-5-6-8-14(13)18-16(19-15)21-11-9-17-10-12-21/h17H,3-12H2,1-2H3. The number of piperazine rings is 1. The van der Waals surface area contributed by atoms with Crippen molar-refractivity contribution in [2.24, 2.45) is 0 Å². The predicted molar refractivity (Wildman–Crippen MR) is 87.3 cm³/mol. The number of aryl methyl sites for hydroxylation is 1. The van der Waals surface area contributed by atoms with Gasteiger partial charge >= 0.3 is 0 Å². The van der Waals surface area contributed by atoms with Crippen molar-refractivity contribution in [3.05, 3.63) is 11.3 Å². The van der Waals surface area contributed by atoms with E-state index in [-0.39, 0.29) is 0 Å². The summed E-state index contributed by atoms with van der Waals surface area (Å²) in [4.78, 5) is 14.6. The van der Waals surface area contributed by atoms with Crippen LogP contribution in [0.2, 0.25) is 0 Å². The molecule has 1 saturated heterocycles. The zero-order valence-electron chi connectivity index (χ0n) is 13.4. The molecule has 0 saturated carbocycles. The molecule has 1 aliphatic carbocycles. The lowest BCUT2D eigenvalue weighted by Gasteiger charge is -2.31. The monoisotopic (exact) mass is 289 g/mol. The van der Waals surface area contributed by atoms with Crippen LogP contribution in [0.3, 0.4) is 0 Å². The molecule has 1 fully saturated rings. The number of nitrogens with zero attached hydrogens (tertiary/aromatic N) is 4. The Morgan fingerprint density at radius 2 is 1.76 bits per heavy atom. The number of nitrogens with one attached hydrogen (secondary N) is 1. The Balaban J connectivity index is 1.99. The molecule has 3 rings (SSSR count). The topological polar surface area (TPSA) is 44.3 Å². The van der Waals surface area contributed by atoms with E-state index >= 15 is 0 Å². The average molecular weight is 289 g/mol. The van der Waals surface area contributed by atoms with Gasteiger partial charge in [0.2, 0.25) is 5.95 Å². The molecule has 1 aromatic rings. The van der Waals surface area contributed by atoms with Crippen molar-refractivity contribution in [2.45, 2.75) is 39.5 Å². The minimum Gasteiger partial charge on any atom is -0.357 e. The summed E-state index contributed by atoms with van der Waals surface area (Å²) in [6.07, 6.45) is 4.80. The largest absolute Gasteiger partial charge is 0.357 e. The van der Waals surface area contributed by atoms with E-state index < -0.39 is 0 Å². The lowest BCUT2D eigenvalue weighted by molar-refractivity contribution is 0.574. The van der Waals surface area contributed by atoms with Gasteiger partial charge in [-0.05, 0) is 39.5 Å². The van der Waals surface area contributed by atoms with Gasteiger partial charge in [0.25, 0.3) is 0 Å². The maximum atomic E-state index is 4.96. The number of aromatic nitrogens is 2. The predicted octanol–water partition coefficient (Wildman–Crippen LogP) is 1.61. The minimum atomic E-state index is 0.944. The van der Waals surface area contributed by atoms with Crippen molar-refractivity contribution in [3.8, 4) is 0 Å². The molecule has 5 heteroatoms. The van der Waals surface area contributed by atoms with Gasteiger partial charge in [0.15, 0.2) is 0 Å². The fourth-order valence-corrected chi connectivity index (χ4v) is 3.35. The quantitative estimate of drug-likeness (QED) is 0.912. The number of rotatable bonds is 4. The van der Waals surface area contributed by atoms with E-state index in [1.54, 1.807) is 0 Å². The molecule has 0 bridgehead atoms. The molecule has 1 aliphatic heterocycles. The average Bonchev–Trinajstić information content (AvgIpc) is 2.56. The zero-order chi connectivity index (χ0) is 14.7. The van der Waals surface area contributed by atoms with Gasteiger partial charge in [-0.1, -0.05) is 0 Å². The molecule has 116 valence electrons. The SMILES string of the molecule is CCN(CC)c1nc(N2CCNCC2)nc2c1CCCC2. The summed E-state index contributed by atoms with van der Waals surface area (Å²) in [6.45, 7) is 10.5. The van der Waals surface area contributed by atoms with E-state index in [1.807, 2.05) is 0 Å². The highest BCUT2D eigenvalue weighted by atomic mass is 15.3. The third kappa shape index (κ3) is 2.98. The number of hydrogen-bond donors (Lipinski definition) is 1. The first-order valence-corrected chi connectivity index (χ1v) is 8.43. The maximum Gasteiger partial charge on any atom is 0.227 e. The molecule has 21 heavy (non-hydrogen) atoms. The van der Waals surface area contributed by atoms with Crippen LogP contribution in [0, 0.1) is 0 Å². The molecule has 0 atom stereocenters. The summed E-state index contributed by atoms with van der Waals surface area (Å²) in [6, 6.07) is 0. The van der Waals surface area contributed by atoms with Gasteiger partial charge in [-0.2, -0.15) is 4.98 Å². The van der Waals surface area contributed by atoms with E-state index in [2.05, 4.69) is 29.0 Å². The van der Waals surface area contributed by atoms with E-state index in [4.69, 9.17) is 9.97 Å². The first kappa shape index (κ1) is 14.6. The van der Waals surface area contributed by atoms with Crippen LogP contribution >= 0.6 is 0 Å². The van der Waals surface area contributed by atoms with Crippen LogP contribution in [0.5, 0.6) is 0 Å². The lowest BCUT2D eigenvalue weighted by Crippen LogP contribution is -2.44. The highest BCUT2D eigenvalue weighted by Crippen LogP contribution is 2.30. The molecular weight excluding hydrogens is 262 g/mol. The Morgan fingerprint density at radius 3 is 2.48 bits per heavy atom. The molecule has 1 N–H and O–H groups in total. The fourth-order valence-electron chi connectivity index (χ4n) is 3.35. The molecule has 0 radical (unpaired) electrons. The molecule has 5 nitrogen and oxygen atoms in total. The first-order chi connectivity index (χ1) is 10.3. The van der Waals surface area contributed by atoms with Crippen LogP contribution in [0.4, 0.5) is 11.8 Å². The minimum absolute atomic E-state index is 0.944. The van der Waals surface area contributed by atoms with E-state index in [0.717, 1.165) is 58.1 Å². The van der Waals surface area contributed by atoms with Crippen molar-refractivity contribution in [1.29, 1.82) is 0 Å². The van der Waals surface area contributed by atoms with Crippen LogP contribution in [-0.2, 0) is 12.8 Å². The summed E-state index contributed by atoms with van der Waals surface area (Å²) >= 11 is 0. The van der Waals surface area contributed by atoms with E-state index in [1.165, 1.54) is 29.9 Å². The summed E-state index contributed by atoms with van der Waals surface area (Å²) in [5, 5.41) is 3.40. The third-order valence-corrected chi connectivity index (χ3v) is 4.61. The van der Waals surface area contributed by atoms with Crippen molar-refractivity contribution >= 4 is 11.8 Å². The molecule has 2 aliphatic rings. The summed E-state index contributed by atoms with van der Waals surface area (Å²) in [7, 11) is 0. The Kier molecular flexibility index (Phi) is 4.58. The normalized spacial score (nSPS) is 18.5. The van der Waals surface area contributed by atoms with Gasteiger partial charge in [-0.25, -0.2) is 4.98 Å². The Labute approximate surface area is 127 Å². The van der Waals surface area contributed by atoms with E-state index in [0.29, 0.717) is 0 Å². The second-order valence-corrected chi connectivity index (χ2v) is 5.89. The van der Waals surface area contributed by atoms with Crippen LogP contribution in [0.25, 0.3) is 0 Å². The first-order valence-electron chi connectivity index (χ1n) is 8.43. The van der Waals surface area contributed by atoms with Crippen molar-refractivity contribution in [2.75, 3.05) is 49.1 Å². The van der Waals surface area contributed by atoms with Gasteiger partial charge in [0, 0.05) is 44.8 Å².